The summed E-state index contributed by atoms with van der Waals surface area (Å²) < 4.78 is 47.2. The van der Waals surface area contributed by atoms with Crippen LogP contribution >= 0.6 is 22.9 Å². The van der Waals surface area contributed by atoms with Gasteiger partial charge < -0.3 is 14.8 Å². The molecule has 4 rings (SSSR count). The van der Waals surface area contributed by atoms with Gasteiger partial charge in [0.2, 0.25) is 0 Å². The van der Waals surface area contributed by atoms with E-state index >= 15 is 0 Å². The van der Waals surface area contributed by atoms with Gasteiger partial charge in [0.1, 0.15) is 10.8 Å². The van der Waals surface area contributed by atoms with E-state index in [1.807, 2.05) is 0 Å². The molecule has 0 saturated heterocycles. The molecule has 39 heavy (non-hydrogen) atoms. The van der Waals surface area contributed by atoms with E-state index in [1.54, 1.807) is 6.92 Å². The Bertz CT molecular complexity index is 1670. The van der Waals surface area contributed by atoms with Crippen LogP contribution in [-0.4, -0.2) is 39.5 Å². The van der Waals surface area contributed by atoms with Crippen molar-refractivity contribution >= 4 is 56.3 Å². The second-order valence-electron chi connectivity index (χ2n) is 7.56. The first-order valence-electron chi connectivity index (χ1n) is 10.7. The van der Waals surface area contributed by atoms with Gasteiger partial charge >= 0.3 is 12.3 Å². The Morgan fingerprint density at radius 3 is 2.51 bits per heavy atom. The summed E-state index contributed by atoms with van der Waals surface area (Å²) in [5, 5.41) is 18.8. The highest BCUT2D eigenvalue weighted by Gasteiger charge is 2.31. The number of nitrogens with zero attached hydrogens (tertiary/aromatic N) is 3. The molecule has 4 aromatic rings. The van der Waals surface area contributed by atoms with E-state index in [-0.39, 0.29) is 44.3 Å². The number of rotatable bonds is 7. The van der Waals surface area contributed by atoms with Crippen molar-refractivity contribution < 1.29 is 37.2 Å². The van der Waals surface area contributed by atoms with Crippen molar-refractivity contribution in [3.05, 3.63) is 84.6 Å². The van der Waals surface area contributed by atoms with Crippen LogP contribution in [0.4, 0.5) is 23.9 Å². The molecule has 0 fully saturated rings. The number of hydrogen-bond acceptors (Lipinski definition) is 9. The first-order valence-corrected chi connectivity index (χ1v) is 12.0. The minimum absolute atomic E-state index is 0.0211. The zero-order chi connectivity index (χ0) is 28.5. The normalized spacial score (nSPS) is 11.3. The molecule has 202 valence electrons. The number of esters is 1. The topological polar surface area (TPSA) is 143 Å². The molecule has 2 aromatic carbocycles. The van der Waals surface area contributed by atoms with E-state index in [0.29, 0.717) is 0 Å². The SMILES string of the molecule is CCOC(=O)c1nn(-c2ccc(OC(F)(F)F)cc2)c(=O)c2c(NC(=O)c3cc([N+](=O)[O-])ccc3Cl)scc12. The lowest BCUT2D eigenvalue weighted by Gasteiger charge is -2.12. The van der Waals surface area contributed by atoms with Crippen LogP contribution in [0.15, 0.2) is 52.6 Å². The summed E-state index contributed by atoms with van der Waals surface area (Å²) in [6.45, 7) is 1.52. The minimum Gasteiger partial charge on any atom is -0.461 e. The van der Waals surface area contributed by atoms with Gasteiger partial charge in [-0.1, -0.05) is 11.6 Å². The number of carbonyl (C=O) groups is 2. The molecular formula is C23H14ClF3N4O7S. The summed E-state index contributed by atoms with van der Waals surface area (Å²) in [5.74, 6) is -2.32. The number of nitrogens with one attached hydrogen (secondary N) is 1. The summed E-state index contributed by atoms with van der Waals surface area (Å²) in [4.78, 5) is 49.5. The van der Waals surface area contributed by atoms with Gasteiger partial charge in [-0.15, -0.1) is 24.5 Å². The van der Waals surface area contributed by atoms with Gasteiger partial charge in [-0.3, -0.25) is 19.7 Å². The number of amides is 1. The predicted molar refractivity (Wildman–Crippen MR) is 134 cm³/mol. The Morgan fingerprint density at radius 1 is 1.21 bits per heavy atom. The second-order valence-corrected chi connectivity index (χ2v) is 8.84. The molecule has 1 N–H and O–H groups in total. The number of thiophene rings is 1. The molecule has 0 radical (unpaired) electrons. The van der Waals surface area contributed by atoms with Crippen molar-refractivity contribution in [1.82, 2.24) is 9.78 Å². The average molecular weight is 583 g/mol. The number of non-ortho nitro benzene ring substituents is 1. The van der Waals surface area contributed by atoms with Crippen LogP contribution in [0.5, 0.6) is 5.75 Å². The number of alkyl halides is 3. The van der Waals surface area contributed by atoms with Crippen LogP contribution in [0.2, 0.25) is 5.02 Å². The number of carbonyl (C=O) groups excluding carboxylic acids is 2. The fourth-order valence-corrected chi connectivity index (χ4v) is 4.56. The van der Waals surface area contributed by atoms with E-state index in [0.717, 1.165) is 52.4 Å². The zero-order valence-corrected chi connectivity index (χ0v) is 21.0. The Morgan fingerprint density at radius 2 is 1.90 bits per heavy atom. The highest BCUT2D eigenvalue weighted by molar-refractivity contribution is 7.16. The lowest BCUT2D eigenvalue weighted by molar-refractivity contribution is -0.384. The van der Waals surface area contributed by atoms with Crippen molar-refractivity contribution in [1.29, 1.82) is 0 Å². The van der Waals surface area contributed by atoms with Crippen LogP contribution in [0.25, 0.3) is 16.5 Å². The Labute approximate surface area is 224 Å². The highest BCUT2D eigenvalue weighted by atomic mass is 35.5. The number of aromatic nitrogens is 2. The number of ether oxygens (including phenoxy) is 2. The predicted octanol–water partition coefficient (Wildman–Crippen LogP) is 5.34. The molecule has 0 atom stereocenters. The van der Waals surface area contributed by atoms with Crippen molar-refractivity contribution in [2.45, 2.75) is 13.3 Å². The highest BCUT2D eigenvalue weighted by Crippen LogP contribution is 2.32. The lowest BCUT2D eigenvalue weighted by Crippen LogP contribution is -2.25. The van der Waals surface area contributed by atoms with Crippen LogP contribution in [0.3, 0.4) is 0 Å². The fraction of sp³-hybridized carbons (Fsp3) is 0.130. The Balaban J connectivity index is 1.83. The molecular weight excluding hydrogens is 569 g/mol. The molecule has 2 aromatic heterocycles. The van der Waals surface area contributed by atoms with Crippen LogP contribution in [0.1, 0.15) is 27.8 Å². The molecule has 0 aliphatic rings. The van der Waals surface area contributed by atoms with E-state index in [4.69, 9.17) is 16.3 Å². The third kappa shape index (κ3) is 5.83. The van der Waals surface area contributed by atoms with Crippen LogP contribution in [0, 0.1) is 10.1 Å². The number of nitro benzene ring substituents is 1. The van der Waals surface area contributed by atoms with E-state index in [9.17, 15) is 37.7 Å². The van der Waals surface area contributed by atoms with E-state index in [2.05, 4.69) is 15.2 Å². The Kier molecular flexibility index (Phi) is 7.56. The van der Waals surface area contributed by atoms with Crippen molar-refractivity contribution in [2.75, 3.05) is 11.9 Å². The maximum atomic E-state index is 13.5. The molecule has 0 aliphatic heterocycles. The number of halogens is 4. The minimum atomic E-state index is -4.93. The monoisotopic (exact) mass is 582 g/mol. The number of benzene rings is 2. The lowest BCUT2D eigenvalue weighted by atomic mass is 10.1. The van der Waals surface area contributed by atoms with Gasteiger partial charge in [0.25, 0.3) is 17.2 Å². The quantitative estimate of drug-likeness (QED) is 0.175. The average Bonchev–Trinajstić information content (AvgIpc) is 3.28. The molecule has 2 heterocycles. The van der Waals surface area contributed by atoms with Gasteiger partial charge in [0.15, 0.2) is 5.69 Å². The summed E-state index contributed by atoms with van der Waals surface area (Å²) in [6, 6.07) is 7.37. The second kappa shape index (κ2) is 10.7. The standard InChI is InChI=1S/C23H14ClF3N4O7S/c1-2-37-22(34)18-15-10-39-20(28-19(32)14-9-12(31(35)36)5-8-16(14)24)17(15)21(33)30(29-18)11-3-6-13(7-4-11)38-23(25,26)27/h3-10H,2H2,1H3,(H,28,32). The third-order valence-corrected chi connectivity index (χ3v) is 6.29. The number of fused-ring (bicyclic) bond motifs is 1. The Hall–Kier alpha value is -4.50. The summed E-state index contributed by atoms with van der Waals surface area (Å²) >= 11 is 6.91. The van der Waals surface area contributed by atoms with Crippen molar-refractivity contribution in [3.8, 4) is 11.4 Å². The molecule has 0 saturated carbocycles. The van der Waals surface area contributed by atoms with Crippen molar-refractivity contribution in [3.63, 3.8) is 0 Å². The third-order valence-electron chi connectivity index (χ3n) is 5.07. The molecule has 11 nitrogen and oxygen atoms in total. The van der Waals surface area contributed by atoms with Crippen LogP contribution < -0.4 is 15.6 Å². The molecule has 16 heteroatoms. The van der Waals surface area contributed by atoms with Gasteiger partial charge in [-0.2, -0.15) is 9.78 Å². The van der Waals surface area contributed by atoms with Gasteiger partial charge in [-0.05, 0) is 37.3 Å². The summed E-state index contributed by atoms with van der Waals surface area (Å²) in [7, 11) is 0. The molecule has 0 bridgehead atoms. The number of anilines is 1. The smallest absolute Gasteiger partial charge is 0.461 e. The van der Waals surface area contributed by atoms with Crippen molar-refractivity contribution in [2.24, 2.45) is 0 Å². The maximum absolute atomic E-state index is 13.5. The molecule has 1 amide bonds. The zero-order valence-electron chi connectivity index (χ0n) is 19.4. The maximum Gasteiger partial charge on any atom is 0.573 e. The van der Waals surface area contributed by atoms with Gasteiger partial charge in [0.05, 0.1) is 33.2 Å². The first-order chi connectivity index (χ1) is 18.4. The van der Waals surface area contributed by atoms with E-state index in [1.165, 1.54) is 11.4 Å². The van der Waals surface area contributed by atoms with Crippen LogP contribution in [-0.2, 0) is 4.74 Å². The summed E-state index contributed by atoms with van der Waals surface area (Å²) in [5.41, 5.74) is -1.79. The molecule has 0 unspecified atom stereocenters. The van der Waals surface area contributed by atoms with E-state index < -0.39 is 40.2 Å². The number of nitro groups is 1. The summed E-state index contributed by atoms with van der Waals surface area (Å²) in [6.07, 6.45) is -4.93. The molecule has 0 spiro atoms. The van der Waals surface area contributed by atoms with Gasteiger partial charge in [-0.25, -0.2) is 4.79 Å². The van der Waals surface area contributed by atoms with Gasteiger partial charge in [0, 0.05) is 22.9 Å². The molecule has 0 aliphatic carbocycles. The number of hydrogen-bond donors (Lipinski definition) is 1. The first kappa shape index (κ1) is 27.5. The fourth-order valence-electron chi connectivity index (χ4n) is 3.43. The largest absolute Gasteiger partial charge is 0.573 e.